The third kappa shape index (κ3) is 3.69. The van der Waals surface area contributed by atoms with Crippen molar-refractivity contribution in [3.8, 4) is 5.75 Å². The number of phenols is 1. The van der Waals surface area contributed by atoms with E-state index in [0.29, 0.717) is 17.4 Å². The van der Waals surface area contributed by atoms with Crippen LogP contribution in [-0.4, -0.2) is 38.2 Å². The van der Waals surface area contributed by atoms with Gasteiger partial charge in [0.1, 0.15) is 23.6 Å². The SMILES string of the molecule is CC(=O)C(c1ccc(F)cc1)c1ccc(O)c(N2CC(C=O)NS2(=O)=O)c1. The van der Waals surface area contributed by atoms with Gasteiger partial charge < -0.3 is 9.90 Å². The molecule has 27 heavy (non-hydrogen) atoms. The number of anilines is 1. The molecule has 1 heterocycles. The summed E-state index contributed by atoms with van der Waals surface area (Å²) < 4.78 is 40.7. The standard InChI is InChI=1S/C18H17FN2O5S/c1-11(23)18(12-2-5-14(19)6-3-12)13-4-7-17(24)16(8-13)21-9-15(10-22)20-27(21,25)26/h2-8,10,15,18,20,24H,9H2,1H3. The van der Waals surface area contributed by atoms with E-state index in [1.54, 1.807) is 0 Å². The fourth-order valence-electron chi connectivity index (χ4n) is 3.10. The first-order valence-corrected chi connectivity index (χ1v) is 9.51. The quantitative estimate of drug-likeness (QED) is 0.750. The number of benzene rings is 2. The van der Waals surface area contributed by atoms with Crippen LogP contribution in [0.2, 0.25) is 0 Å². The van der Waals surface area contributed by atoms with Crippen LogP contribution in [-0.2, 0) is 19.8 Å². The molecular formula is C18H17FN2O5S. The molecule has 1 fully saturated rings. The van der Waals surface area contributed by atoms with Gasteiger partial charge in [-0.1, -0.05) is 18.2 Å². The van der Waals surface area contributed by atoms with Gasteiger partial charge in [0.2, 0.25) is 0 Å². The van der Waals surface area contributed by atoms with Crippen molar-refractivity contribution in [2.45, 2.75) is 18.9 Å². The molecule has 0 bridgehead atoms. The molecular weight excluding hydrogens is 375 g/mol. The van der Waals surface area contributed by atoms with Crippen molar-refractivity contribution < 1.29 is 27.5 Å². The van der Waals surface area contributed by atoms with E-state index in [-0.39, 0.29) is 23.8 Å². The molecule has 2 atom stereocenters. The Labute approximate surface area is 155 Å². The lowest BCUT2D eigenvalue weighted by atomic mass is 9.88. The molecule has 2 aromatic rings. The molecule has 0 aliphatic carbocycles. The number of carbonyl (C=O) groups is 2. The van der Waals surface area contributed by atoms with Gasteiger partial charge in [-0.3, -0.25) is 9.10 Å². The fourth-order valence-corrected chi connectivity index (χ4v) is 4.51. The molecule has 1 aliphatic rings. The van der Waals surface area contributed by atoms with E-state index in [4.69, 9.17) is 0 Å². The molecule has 0 saturated carbocycles. The lowest BCUT2D eigenvalue weighted by molar-refractivity contribution is -0.117. The number of ketones is 1. The number of carbonyl (C=O) groups excluding carboxylic acids is 2. The van der Waals surface area contributed by atoms with Crippen LogP contribution in [0.3, 0.4) is 0 Å². The fraction of sp³-hybridized carbons (Fsp3) is 0.222. The number of aldehydes is 1. The molecule has 0 radical (unpaired) electrons. The summed E-state index contributed by atoms with van der Waals surface area (Å²) in [7, 11) is -4.00. The molecule has 2 aromatic carbocycles. The van der Waals surface area contributed by atoms with Gasteiger partial charge in [0, 0.05) is 0 Å². The van der Waals surface area contributed by atoms with Crippen LogP contribution in [0.5, 0.6) is 5.75 Å². The maximum atomic E-state index is 13.2. The molecule has 2 unspecified atom stereocenters. The summed E-state index contributed by atoms with van der Waals surface area (Å²) in [6.45, 7) is 1.20. The minimum absolute atomic E-state index is 0.0438. The number of halogens is 1. The first kappa shape index (κ1) is 19.0. The van der Waals surface area contributed by atoms with Crippen LogP contribution >= 0.6 is 0 Å². The highest BCUT2D eigenvalue weighted by molar-refractivity contribution is 7.91. The van der Waals surface area contributed by atoms with Crippen LogP contribution < -0.4 is 9.03 Å². The van der Waals surface area contributed by atoms with Gasteiger partial charge in [-0.15, -0.1) is 0 Å². The number of Topliss-reactive ketones (excluding diaryl/α,β-unsaturated/α-hetero) is 1. The van der Waals surface area contributed by atoms with Gasteiger partial charge in [-0.2, -0.15) is 13.1 Å². The summed E-state index contributed by atoms with van der Waals surface area (Å²) >= 11 is 0. The summed E-state index contributed by atoms with van der Waals surface area (Å²) in [5.74, 6) is -1.74. The Hall–Kier alpha value is -2.78. The first-order valence-electron chi connectivity index (χ1n) is 8.07. The smallest absolute Gasteiger partial charge is 0.302 e. The van der Waals surface area contributed by atoms with Crippen LogP contribution in [0.15, 0.2) is 42.5 Å². The normalized spacial score (nSPS) is 19.6. The molecule has 142 valence electrons. The predicted octanol–water partition coefficient (Wildman–Crippen LogP) is 1.47. The van der Waals surface area contributed by atoms with E-state index in [1.807, 2.05) is 0 Å². The third-order valence-corrected chi connectivity index (χ3v) is 5.86. The molecule has 0 aromatic heterocycles. The van der Waals surface area contributed by atoms with Crippen LogP contribution in [0.1, 0.15) is 24.0 Å². The second-order valence-corrected chi connectivity index (χ2v) is 7.87. The van der Waals surface area contributed by atoms with E-state index in [9.17, 15) is 27.5 Å². The molecule has 0 amide bonds. The van der Waals surface area contributed by atoms with E-state index >= 15 is 0 Å². The second-order valence-electron chi connectivity index (χ2n) is 6.24. The average Bonchev–Trinajstić information content (AvgIpc) is 2.92. The van der Waals surface area contributed by atoms with Crippen molar-refractivity contribution in [1.29, 1.82) is 0 Å². The van der Waals surface area contributed by atoms with Crippen LogP contribution in [0, 0.1) is 5.82 Å². The van der Waals surface area contributed by atoms with Crippen molar-refractivity contribution in [2.75, 3.05) is 10.8 Å². The lowest BCUT2D eigenvalue weighted by Gasteiger charge is -2.21. The molecule has 0 spiro atoms. The van der Waals surface area contributed by atoms with Crippen molar-refractivity contribution in [1.82, 2.24) is 4.72 Å². The first-order chi connectivity index (χ1) is 12.7. The zero-order chi connectivity index (χ0) is 19.8. The van der Waals surface area contributed by atoms with E-state index in [0.717, 1.165) is 4.31 Å². The lowest BCUT2D eigenvalue weighted by Crippen LogP contribution is -2.30. The number of aromatic hydroxyl groups is 1. The predicted molar refractivity (Wildman–Crippen MR) is 96.3 cm³/mol. The molecule has 3 rings (SSSR count). The molecule has 1 saturated heterocycles. The molecule has 1 aliphatic heterocycles. The van der Waals surface area contributed by atoms with Gasteiger partial charge in [0.15, 0.2) is 0 Å². The number of nitrogens with zero attached hydrogens (tertiary/aromatic N) is 1. The number of hydrogen-bond donors (Lipinski definition) is 2. The second kappa shape index (κ2) is 7.09. The zero-order valence-electron chi connectivity index (χ0n) is 14.3. The highest BCUT2D eigenvalue weighted by Gasteiger charge is 2.37. The number of nitrogens with one attached hydrogen (secondary N) is 1. The Morgan fingerprint density at radius 3 is 2.44 bits per heavy atom. The Morgan fingerprint density at radius 1 is 1.26 bits per heavy atom. The highest BCUT2D eigenvalue weighted by Crippen LogP contribution is 2.36. The van der Waals surface area contributed by atoms with Gasteiger partial charge >= 0.3 is 10.2 Å². The maximum Gasteiger partial charge on any atom is 0.302 e. The molecule has 7 nitrogen and oxygen atoms in total. The molecule has 9 heteroatoms. The van der Waals surface area contributed by atoms with Crippen molar-refractivity contribution >= 4 is 28.0 Å². The van der Waals surface area contributed by atoms with Gasteiger partial charge in [-0.25, -0.2) is 4.39 Å². The maximum absolute atomic E-state index is 13.2. The number of rotatable bonds is 5. The zero-order valence-corrected chi connectivity index (χ0v) is 15.1. The Bertz CT molecular complexity index is 991. The summed E-state index contributed by atoms with van der Waals surface area (Å²) in [5, 5.41) is 10.2. The summed E-state index contributed by atoms with van der Waals surface area (Å²) in [6.07, 6.45) is 0.468. The van der Waals surface area contributed by atoms with Crippen LogP contribution in [0.4, 0.5) is 10.1 Å². The largest absolute Gasteiger partial charge is 0.506 e. The summed E-state index contributed by atoms with van der Waals surface area (Å²) in [6, 6.07) is 8.66. The third-order valence-electron chi connectivity index (χ3n) is 4.33. The minimum Gasteiger partial charge on any atom is -0.506 e. The Kier molecular flexibility index (Phi) is 4.99. The average molecular weight is 392 g/mol. The van der Waals surface area contributed by atoms with Gasteiger partial charge in [0.25, 0.3) is 0 Å². The van der Waals surface area contributed by atoms with Gasteiger partial charge in [0.05, 0.1) is 24.2 Å². The number of phenolic OH excluding ortho intramolecular Hbond substituents is 1. The monoisotopic (exact) mass is 392 g/mol. The van der Waals surface area contributed by atoms with E-state index < -0.39 is 28.0 Å². The summed E-state index contributed by atoms with van der Waals surface area (Å²) in [4.78, 5) is 23.2. The minimum atomic E-state index is -4.00. The van der Waals surface area contributed by atoms with Crippen molar-refractivity contribution in [3.05, 3.63) is 59.4 Å². The topological polar surface area (TPSA) is 104 Å². The van der Waals surface area contributed by atoms with E-state index in [1.165, 1.54) is 49.4 Å². The molecule has 2 N–H and O–H groups in total. The van der Waals surface area contributed by atoms with Crippen molar-refractivity contribution in [2.24, 2.45) is 0 Å². The van der Waals surface area contributed by atoms with Gasteiger partial charge in [-0.05, 0) is 42.3 Å². The van der Waals surface area contributed by atoms with Crippen LogP contribution in [0.25, 0.3) is 0 Å². The van der Waals surface area contributed by atoms with E-state index in [2.05, 4.69) is 4.72 Å². The highest BCUT2D eigenvalue weighted by atomic mass is 32.2. The summed E-state index contributed by atoms with van der Waals surface area (Å²) in [5.41, 5.74) is 0.929. The Balaban J connectivity index is 2.07. The number of hydrogen-bond acceptors (Lipinski definition) is 5. The Morgan fingerprint density at radius 2 is 1.89 bits per heavy atom. The van der Waals surface area contributed by atoms with Crippen molar-refractivity contribution in [3.63, 3.8) is 0 Å².